The van der Waals surface area contributed by atoms with Gasteiger partial charge < -0.3 is 10.6 Å². The van der Waals surface area contributed by atoms with Gasteiger partial charge in [0.15, 0.2) is 0 Å². The van der Waals surface area contributed by atoms with Gasteiger partial charge in [-0.1, -0.05) is 12.1 Å². The number of carbonyl (C=O) groups excluding carboxylic acids is 1. The molecule has 0 spiro atoms. The molecule has 0 unspecified atom stereocenters. The fourth-order valence-corrected chi connectivity index (χ4v) is 2.42. The molecular formula is C16H19N7O. The van der Waals surface area contributed by atoms with Gasteiger partial charge in [-0.25, -0.2) is 4.68 Å². The summed E-state index contributed by atoms with van der Waals surface area (Å²) in [6.07, 6.45) is 4.46. The van der Waals surface area contributed by atoms with Crippen LogP contribution in [0.25, 0.3) is 5.69 Å². The maximum absolute atomic E-state index is 12.3. The molecule has 2 heterocycles. The monoisotopic (exact) mass is 325 g/mol. The van der Waals surface area contributed by atoms with Crippen molar-refractivity contribution in [2.75, 3.05) is 12.8 Å². The van der Waals surface area contributed by atoms with Crippen molar-refractivity contribution in [2.24, 2.45) is 0 Å². The van der Waals surface area contributed by atoms with E-state index in [0.29, 0.717) is 25.2 Å². The molecule has 1 amide bonds. The Morgan fingerprint density at radius 2 is 2.25 bits per heavy atom. The number of nitrogens with two attached hydrogens (primary N) is 1. The lowest BCUT2D eigenvalue weighted by Gasteiger charge is -2.17. The molecule has 1 aromatic carbocycles. The number of aryl methyl sites for hydroxylation is 1. The van der Waals surface area contributed by atoms with Crippen LogP contribution in [0.1, 0.15) is 17.8 Å². The lowest BCUT2D eigenvalue weighted by molar-refractivity contribution is -0.130. The Morgan fingerprint density at radius 3 is 2.96 bits per heavy atom. The normalized spacial score (nSPS) is 10.7. The topological polar surface area (TPSA) is 106 Å². The Balaban J connectivity index is 1.58. The van der Waals surface area contributed by atoms with E-state index < -0.39 is 0 Å². The van der Waals surface area contributed by atoms with Crippen molar-refractivity contribution in [1.82, 2.24) is 29.9 Å². The predicted molar refractivity (Wildman–Crippen MR) is 89.2 cm³/mol. The Bertz CT molecular complexity index is 809. The predicted octanol–water partition coefficient (Wildman–Crippen LogP) is 1.16. The first-order valence-electron chi connectivity index (χ1n) is 7.61. The number of aromatic amines is 1. The molecule has 8 heteroatoms. The van der Waals surface area contributed by atoms with Crippen molar-refractivity contribution in [3.05, 3.63) is 54.1 Å². The third-order valence-corrected chi connectivity index (χ3v) is 3.65. The van der Waals surface area contributed by atoms with E-state index in [2.05, 4.69) is 20.3 Å². The zero-order valence-electron chi connectivity index (χ0n) is 13.4. The van der Waals surface area contributed by atoms with Crippen LogP contribution in [-0.4, -0.2) is 42.8 Å². The van der Waals surface area contributed by atoms with Crippen molar-refractivity contribution in [3.8, 4) is 5.69 Å². The van der Waals surface area contributed by atoms with Crippen LogP contribution in [-0.2, 0) is 17.8 Å². The summed E-state index contributed by atoms with van der Waals surface area (Å²) in [5.74, 6) is 0.852. The van der Waals surface area contributed by atoms with E-state index in [-0.39, 0.29) is 11.9 Å². The largest absolute Gasteiger partial charge is 0.367 e. The van der Waals surface area contributed by atoms with Gasteiger partial charge in [-0.15, -0.1) is 5.10 Å². The summed E-state index contributed by atoms with van der Waals surface area (Å²) in [5.41, 5.74) is 7.46. The minimum Gasteiger partial charge on any atom is -0.367 e. The van der Waals surface area contributed by atoms with Gasteiger partial charge in [0.25, 0.3) is 0 Å². The number of amides is 1. The molecule has 0 saturated heterocycles. The molecule has 0 radical (unpaired) electrons. The number of H-pyrrole nitrogens is 1. The van der Waals surface area contributed by atoms with Crippen LogP contribution in [0, 0.1) is 0 Å². The molecular weight excluding hydrogens is 306 g/mol. The van der Waals surface area contributed by atoms with E-state index >= 15 is 0 Å². The van der Waals surface area contributed by atoms with Gasteiger partial charge in [-0.2, -0.15) is 10.1 Å². The van der Waals surface area contributed by atoms with Crippen LogP contribution < -0.4 is 5.73 Å². The summed E-state index contributed by atoms with van der Waals surface area (Å²) in [6.45, 7) is 0.534. The van der Waals surface area contributed by atoms with E-state index in [0.717, 1.165) is 11.3 Å². The molecule has 2 aromatic heterocycles. The lowest BCUT2D eigenvalue weighted by atomic mass is 10.2. The fraction of sp³-hybridized carbons (Fsp3) is 0.250. The second-order valence-corrected chi connectivity index (χ2v) is 5.51. The van der Waals surface area contributed by atoms with Crippen LogP contribution in [0.5, 0.6) is 0 Å². The van der Waals surface area contributed by atoms with Crippen molar-refractivity contribution in [3.63, 3.8) is 0 Å². The summed E-state index contributed by atoms with van der Waals surface area (Å²) >= 11 is 0. The average molecular weight is 325 g/mol. The second-order valence-electron chi connectivity index (χ2n) is 5.51. The highest BCUT2D eigenvalue weighted by atomic mass is 16.2. The van der Waals surface area contributed by atoms with Crippen LogP contribution in [0.2, 0.25) is 0 Å². The number of hydrogen-bond acceptors (Lipinski definition) is 5. The van der Waals surface area contributed by atoms with Crippen LogP contribution in [0.15, 0.2) is 42.7 Å². The number of nitrogens with one attached hydrogen (secondary N) is 1. The zero-order chi connectivity index (χ0) is 16.9. The van der Waals surface area contributed by atoms with E-state index in [4.69, 9.17) is 5.73 Å². The first-order valence-corrected chi connectivity index (χ1v) is 7.61. The number of aromatic nitrogens is 5. The molecule has 3 aromatic rings. The van der Waals surface area contributed by atoms with Gasteiger partial charge in [0.1, 0.15) is 5.82 Å². The van der Waals surface area contributed by atoms with Crippen LogP contribution in [0.3, 0.4) is 0 Å². The molecule has 8 nitrogen and oxygen atoms in total. The summed E-state index contributed by atoms with van der Waals surface area (Å²) < 4.78 is 1.79. The van der Waals surface area contributed by atoms with Gasteiger partial charge >= 0.3 is 0 Å². The van der Waals surface area contributed by atoms with Crippen molar-refractivity contribution >= 4 is 11.9 Å². The third kappa shape index (κ3) is 3.78. The number of anilines is 1. The van der Waals surface area contributed by atoms with E-state index in [1.54, 1.807) is 22.8 Å². The smallest absolute Gasteiger partial charge is 0.239 e. The van der Waals surface area contributed by atoms with Crippen molar-refractivity contribution in [1.29, 1.82) is 0 Å². The van der Waals surface area contributed by atoms with Crippen LogP contribution >= 0.6 is 0 Å². The Morgan fingerprint density at radius 1 is 1.38 bits per heavy atom. The highest BCUT2D eigenvalue weighted by Crippen LogP contribution is 2.12. The van der Waals surface area contributed by atoms with Gasteiger partial charge in [0.05, 0.1) is 5.69 Å². The molecule has 3 N–H and O–H groups in total. The summed E-state index contributed by atoms with van der Waals surface area (Å²) in [7, 11) is 1.79. The third-order valence-electron chi connectivity index (χ3n) is 3.65. The molecule has 0 saturated carbocycles. The Labute approximate surface area is 139 Å². The first kappa shape index (κ1) is 15.7. The van der Waals surface area contributed by atoms with Crippen molar-refractivity contribution < 1.29 is 4.79 Å². The van der Waals surface area contributed by atoms with E-state index in [1.807, 2.05) is 36.5 Å². The fourth-order valence-electron chi connectivity index (χ4n) is 2.42. The number of nitrogens with zero attached hydrogens (tertiary/aromatic N) is 5. The van der Waals surface area contributed by atoms with Gasteiger partial charge in [-0.3, -0.25) is 9.89 Å². The molecule has 0 aliphatic carbocycles. The summed E-state index contributed by atoms with van der Waals surface area (Å²) in [6, 6.07) is 9.83. The van der Waals surface area contributed by atoms with Crippen LogP contribution in [0.4, 0.5) is 5.95 Å². The zero-order valence-corrected chi connectivity index (χ0v) is 13.4. The quantitative estimate of drug-likeness (QED) is 0.707. The second kappa shape index (κ2) is 6.95. The number of carbonyl (C=O) groups is 1. The van der Waals surface area contributed by atoms with Gasteiger partial charge in [0.2, 0.25) is 11.9 Å². The summed E-state index contributed by atoms with van der Waals surface area (Å²) in [4.78, 5) is 17.9. The highest BCUT2D eigenvalue weighted by Gasteiger charge is 2.11. The molecule has 24 heavy (non-hydrogen) atoms. The van der Waals surface area contributed by atoms with E-state index in [1.165, 1.54) is 0 Å². The standard InChI is InChI=1S/C16H19N7O/c1-22(15(24)7-6-14-19-16(17)21-20-14)11-12-4-2-5-13(10-12)23-9-3-8-18-23/h2-5,8-10H,6-7,11H2,1H3,(H3,17,19,20,21). The first-order chi connectivity index (χ1) is 11.6. The maximum Gasteiger partial charge on any atom is 0.239 e. The van der Waals surface area contributed by atoms with Gasteiger partial charge in [0, 0.05) is 38.8 Å². The number of rotatable bonds is 6. The Hall–Kier alpha value is -3.16. The number of nitrogen functional groups attached to an aromatic ring is 1. The SMILES string of the molecule is CN(Cc1cccc(-n2cccn2)c1)C(=O)CCc1nc(N)n[nH]1. The molecule has 0 atom stereocenters. The summed E-state index contributed by atoms with van der Waals surface area (Å²) in [5, 5.41) is 10.7. The Kier molecular flexibility index (Phi) is 4.55. The highest BCUT2D eigenvalue weighted by molar-refractivity contribution is 5.76. The molecule has 3 rings (SSSR count). The van der Waals surface area contributed by atoms with Crippen molar-refractivity contribution in [2.45, 2.75) is 19.4 Å². The minimum absolute atomic E-state index is 0.0365. The molecule has 124 valence electrons. The minimum atomic E-state index is 0.0365. The lowest BCUT2D eigenvalue weighted by Crippen LogP contribution is -2.26. The van der Waals surface area contributed by atoms with E-state index in [9.17, 15) is 4.79 Å². The molecule has 0 aliphatic heterocycles. The molecule has 0 fully saturated rings. The average Bonchev–Trinajstić information content (AvgIpc) is 3.24. The number of benzene rings is 1. The maximum atomic E-state index is 12.3. The van der Waals surface area contributed by atoms with Gasteiger partial charge in [-0.05, 0) is 23.8 Å². The number of hydrogen-bond donors (Lipinski definition) is 2. The molecule has 0 bridgehead atoms. The molecule has 0 aliphatic rings.